The summed E-state index contributed by atoms with van der Waals surface area (Å²) in [5, 5.41) is 0. The zero-order valence-electron chi connectivity index (χ0n) is 6.63. The van der Waals surface area contributed by atoms with Crippen molar-refractivity contribution in [3.63, 3.8) is 0 Å². The first-order valence-corrected chi connectivity index (χ1v) is 3.32. The SMILES string of the molecule is C=C(C)C=COCC=CC. The summed E-state index contributed by atoms with van der Waals surface area (Å²) in [5.74, 6) is 0. The van der Waals surface area contributed by atoms with Gasteiger partial charge in [0.25, 0.3) is 0 Å². The molecule has 0 amide bonds. The van der Waals surface area contributed by atoms with Gasteiger partial charge in [-0.05, 0) is 19.9 Å². The van der Waals surface area contributed by atoms with Crippen LogP contribution in [0, 0.1) is 0 Å². The summed E-state index contributed by atoms with van der Waals surface area (Å²) in [7, 11) is 0. The molecule has 0 N–H and O–H groups in total. The highest BCUT2D eigenvalue weighted by Gasteiger charge is 1.73. The standard InChI is InChI=1S/C9H14O/c1-4-5-7-10-8-6-9(2)3/h4-6,8H,2,7H2,1,3H3. The minimum Gasteiger partial charge on any atom is -0.497 e. The molecular formula is C9H14O. The van der Waals surface area contributed by atoms with Crippen LogP contribution in [-0.2, 0) is 4.74 Å². The predicted molar refractivity (Wildman–Crippen MR) is 44.7 cm³/mol. The van der Waals surface area contributed by atoms with Gasteiger partial charge in [0, 0.05) is 0 Å². The number of rotatable bonds is 4. The highest BCUT2D eigenvalue weighted by atomic mass is 16.5. The van der Waals surface area contributed by atoms with Crippen molar-refractivity contribution >= 4 is 0 Å². The Balaban J connectivity index is 3.27. The first-order valence-electron chi connectivity index (χ1n) is 3.32. The summed E-state index contributed by atoms with van der Waals surface area (Å²) >= 11 is 0. The van der Waals surface area contributed by atoms with Crippen molar-refractivity contribution in [1.82, 2.24) is 0 Å². The largest absolute Gasteiger partial charge is 0.497 e. The van der Waals surface area contributed by atoms with E-state index in [4.69, 9.17) is 4.74 Å². The fraction of sp³-hybridized carbons (Fsp3) is 0.333. The first-order chi connectivity index (χ1) is 4.77. The molecule has 56 valence electrons. The molecule has 0 saturated carbocycles. The Kier molecular flexibility index (Phi) is 5.54. The van der Waals surface area contributed by atoms with Crippen molar-refractivity contribution in [2.24, 2.45) is 0 Å². The van der Waals surface area contributed by atoms with Crippen molar-refractivity contribution in [2.45, 2.75) is 13.8 Å². The molecule has 0 unspecified atom stereocenters. The maximum atomic E-state index is 5.06. The smallest absolute Gasteiger partial charge is 0.105 e. The van der Waals surface area contributed by atoms with Gasteiger partial charge in [-0.25, -0.2) is 0 Å². The average molecular weight is 138 g/mol. The number of hydrogen-bond acceptors (Lipinski definition) is 1. The van der Waals surface area contributed by atoms with Crippen molar-refractivity contribution in [3.05, 3.63) is 36.6 Å². The van der Waals surface area contributed by atoms with E-state index in [0.717, 1.165) is 5.57 Å². The first kappa shape index (κ1) is 9.02. The fourth-order valence-electron chi connectivity index (χ4n) is 0.372. The van der Waals surface area contributed by atoms with Crippen LogP contribution in [0.25, 0.3) is 0 Å². The molecule has 0 aromatic heterocycles. The summed E-state index contributed by atoms with van der Waals surface area (Å²) in [5.41, 5.74) is 1.00. The normalized spacial score (nSPS) is 11.0. The Morgan fingerprint density at radius 1 is 1.60 bits per heavy atom. The van der Waals surface area contributed by atoms with E-state index in [1.54, 1.807) is 6.26 Å². The lowest BCUT2D eigenvalue weighted by Crippen LogP contribution is -1.79. The molecule has 0 aromatic rings. The van der Waals surface area contributed by atoms with E-state index >= 15 is 0 Å². The summed E-state index contributed by atoms with van der Waals surface area (Å²) < 4.78 is 5.06. The van der Waals surface area contributed by atoms with Crippen LogP contribution in [0.4, 0.5) is 0 Å². The minimum absolute atomic E-state index is 0.639. The second-order valence-electron chi connectivity index (χ2n) is 2.05. The Hall–Kier alpha value is -0.980. The van der Waals surface area contributed by atoms with Gasteiger partial charge in [0.2, 0.25) is 0 Å². The Morgan fingerprint density at radius 2 is 2.30 bits per heavy atom. The highest BCUT2D eigenvalue weighted by molar-refractivity contribution is 5.08. The molecule has 0 heterocycles. The lowest BCUT2D eigenvalue weighted by atomic mass is 10.3. The third kappa shape index (κ3) is 7.02. The number of allylic oxidation sites excluding steroid dienone is 3. The van der Waals surface area contributed by atoms with E-state index in [0.29, 0.717) is 6.61 Å². The molecule has 0 bridgehead atoms. The number of hydrogen-bond donors (Lipinski definition) is 0. The van der Waals surface area contributed by atoms with E-state index in [2.05, 4.69) is 6.58 Å². The lowest BCUT2D eigenvalue weighted by Gasteiger charge is -1.92. The van der Waals surface area contributed by atoms with Crippen LogP contribution in [0.5, 0.6) is 0 Å². The number of ether oxygens (including phenoxy) is 1. The third-order valence-corrected chi connectivity index (χ3v) is 0.877. The molecule has 0 spiro atoms. The van der Waals surface area contributed by atoms with Gasteiger partial charge in [-0.2, -0.15) is 0 Å². The van der Waals surface area contributed by atoms with Crippen molar-refractivity contribution in [3.8, 4) is 0 Å². The molecule has 0 atom stereocenters. The zero-order valence-corrected chi connectivity index (χ0v) is 6.63. The molecule has 0 saturated heterocycles. The van der Waals surface area contributed by atoms with Crippen molar-refractivity contribution in [2.75, 3.05) is 6.61 Å². The molecule has 1 nitrogen and oxygen atoms in total. The van der Waals surface area contributed by atoms with Crippen LogP contribution >= 0.6 is 0 Å². The molecule has 0 aliphatic carbocycles. The maximum Gasteiger partial charge on any atom is 0.105 e. The van der Waals surface area contributed by atoms with Gasteiger partial charge in [0.05, 0.1) is 6.26 Å². The van der Waals surface area contributed by atoms with E-state index in [9.17, 15) is 0 Å². The zero-order chi connectivity index (χ0) is 7.82. The summed E-state index contributed by atoms with van der Waals surface area (Å²) in [6.07, 6.45) is 7.39. The van der Waals surface area contributed by atoms with Crippen LogP contribution in [0.2, 0.25) is 0 Å². The molecule has 1 heteroatoms. The van der Waals surface area contributed by atoms with Gasteiger partial charge >= 0.3 is 0 Å². The summed E-state index contributed by atoms with van der Waals surface area (Å²) in [6.45, 7) is 8.22. The average Bonchev–Trinajstić information content (AvgIpc) is 1.87. The van der Waals surface area contributed by atoms with E-state index in [1.807, 2.05) is 32.1 Å². The van der Waals surface area contributed by atoms with Gasteiger partial charge in [-0.15, -0.1) is 0 Å². The van der Waals surface area contributed by atoms with Gasteiger partial charge < -0.3 is 4.74 Å². The molecule has 0 aliphatic heterocycles. The van der Waals surface area contributed by atoms with Crippen LogP contribution in [0.15, 0.2) is 36.6 Å². The molecular weight excluding hydrogens is 124 g/mol. The van der Waals surface area contributed by atoms with E-state index in [-0.39, 0.29) is 0 Å². The van der Waals surface area contributed by atoms with Crippen LogP contribution in [0.3, 0.4) is 0 Å². The molecule has 10 heavy (non-hydrogen) atoms. The fourth-order valence-corrected chi connectivity index (χ4v) is 0.372. The van der Waals surface area contributed by atoms with Gasteiger partial charge in [-0.1, -0.05) is 24.3 Å². The van der Waals surface area contributed by atoms with Crippen molar-refractivity contribution in [1.29, 1.82) is 0 Å². The molecule has 0 radical (unpaired) electrons. The van der Waals surface area contributed by atoms with Gasteiger partial charge in [-0.3, -0.25) is 0 Å². The monoisotopic (exact) mass is 138 g/mol. The van der Waals surface area contributed by atoms with E-state index in [1.165, 1.54) is 0 Å². The topological polar surface area (TPSA) is 9.23 Å². The molecule has 0 aliphatic rings. The Bertz CT molecular complexity index is 143. The molecule has 0 rings (SSSR count). The van der Waals surface area contributed by atoms with Crippen LogP contribution in [-0.4, -0.2) is 6.61 Å². The minimum atomic E-state index is 0.639. The Morgan fingerprint density at radius 3 is 2.80 bits per heavy atom. The van der Waals surface area contributed by atoms with Gasteiger partial charge in [0.15, 0.2) is 0 Å². The highest BCUT2D eigenvalue weighted by Crippen LogP contribution is 1.89. The molecule has 0 aromatic carbocycles. The second kappa shape index (κ2) is 6.14. The van der Waals surface area contributed by atoms with Crippen LogP contribution < -0.4 is 0 Å². The third-order valence-electron chi connectivity index (χ3n) is 0.877. The quantitative estimate of drug-likeness (QED) is 0.251. The van der Waals surface area contributed by atoms with Gasteiger partial charge in [0.1, 0.15) is 6.61 Å². The summed E-state index contributed by atoms with van der Waals surface area (Å²) in [4.78, 5) is 0. The van der Waals surface area contributed by atoms with E-state index < -0.39 is 0 Å². The summed E-state index contributed by atoms with van der Waals surface area (Å²) in [6, 6.07) is 0. The predicted octanol–water partition coefficient (Wildman–Crippen LogP) is 2.67. The van der Waals surface area contributed by atoms with Crippen LogP contribution in [0.1, 0.15) is 13.8 Å². The maximum absolute atomic E-state index is 5.06. The second-order valence-corrected chi connectivity index (χ2v) is 2.05. The lowest BCUT2D eigenvalue weighted by molar-refractivity contribution is 0.289. The van der Waals surface area contributed by atoms with Crippen molar-refractivity contribution < 1.29 is 4.74 Å². The molecule has 0 fully saturated rings. The Labute approximate surface area is 62.7 Å².